The average molecular weight is 443 g/mol. The van der Waals surface area contributed by atoms with Crippen LogP contribution in [0.25, 0.3) is 0 Å². The molecule has 5 fully saturated rings. The molecule has 0 heterocycles. The van der Waals surface area contributed by atoms with E-state index >= 15 is 0 Å². The summed E-state index contributed by atoms with van der Waals surface area (Å²) in [5.74, 6) is 3.33. The summed E-state index contributed by atoms with van der Waals surface area (Å²) in [7, 11) is 0. The maximum Gasteiger partial charge on any atom is 0.0594 e. The normalized spacial score (nSPS) is 56.5. The van der Waals surface area contributed by atoms with Gasteiger partial charge in [0.15, 0.2) is 0 Å². The number of aliphatic hydroxyl groups is 2. The smallest absolute Gasteiger partial charge is 0.0594 e. The number of fused-ring (bicyclic) bond motifs is 7. The second-order valence-corrected chi connectivity index (χ2v) is 14.6. The Morgan fingerprint density at radius 3 is 2.19 bits per heavy atom. The minimum Gasteiger partial charge on any atom is -0.396 e. The molecular formula is C30H50O2. The van der Waals surface area contributed by atoms with Crippen molar-refractivity contribution in [1.82, 2.24) is 0 Å². The molecule has 2 nitrogen and oxygen atoms in total. The molecule has 32 heavy (non-hydrogen) atoms. The third-order valence-electron chi connectivity index (χ3n) is 13.5. The second-order valence-electron chi connectivity index (χ2n) is 14.6. The van der Waals surface area contributed by atoms with Gasteiger partial charge >= 0.3 is 0 Å². The van der Waals surface area contributed by atoms with Crippen LogP contribution >= 0.6 is 0 Å². The lowest BCUT2D eigenvalue weighted by Crippen LogP contribution is -2.66. The Balaban J connectivity index is 1.55. The number of rotatable bonds is 2. The van der Waals surface area contributed by atoms with Crippen molar-refractivity contribution < 1.29 is 10.2 Å². The summed E-state index contributed by atoms with van der Waals surface area (Å²) >= 11 is 0. The minimum absolute atomic E-state index is 0.0290. The van der Waals surface area contributed by atoms with Gasteiger partial charge in [-0.15, -0.1) is 0 Å². The molecule has 0 aromatic heterocycles. The molecule has 2 N–H and O–H groups in total. The lowest BCUT2D eigenvalue weighted by atomic mass is 9.32. The van der Waals surface area contributed by atoms with E-state index in [2.05, 4.69) is 48.1 Å². The maximum atomic E-state index is 10.9. The lowest BCUT2D eigenvalue weighted by Gasteiger charge is -2.73. The summed E-state index contributed by atoms with van der Waals surface area (Å²) in [4.78, 5) is 0. The van der Waals surface area contributed by atoms with Gasteiger partial charge in [0.05, 0.1) is 6.10 Å². The van der Waals surface area contributed by atoms with Crippen LogP contribution in [0, 0.1) is 56.7 Å². The van der Waals surface area contributed by atoms with Crippen LogP contribution in [-0.2, 0) is 0 Å². The van der Waals surface area contributed by atoms with E-state index in [-0.39, 0.29) is 16.9 Å². The van der Waals surface area contributed by atoms with Crippen LogP contribution in [0.15, 0.2) is 12.2 Å². The van der Waals surface area contributed by atoms with Gasteiger partial charge in [0.1, 0.15) is 0 Å². The molecule has 0 saturated heterocycles. The Morgan fingerprint density at radius 2 is 1.53 bits per heavy atom. The summed E-state index contributed by atoms with van der Waals surface area (Å²) < 4.78 is 0. The first kappa shape index (κ1) is 23.4. The summed E-state index contributed by atoms with van der Waals surface area (Å²) in [5.41, 5.74) is 2.60. The Kier molecular flexibility index (Phi) is 5.19. The second kappa shape index (κ2) is 7.09. The molecule has 5 aliphatic carbocycles. The fraction of sp³-hybridized carbons (Fsp3) is 0.933. The van der Waals surface area contributed by atoms with Crippen LogP contribution < -0.4 is 0 Å². The molecule has 2 heteroatoms. The monoisotopic (exact) mass is 442 g/mol. The predicted molar refractivity (Wildman–Crippen MR) is 132 cm³/mol. The van der Waals surface area contributed by atoms with E-state index < -0.39 is 0 Å². The van der Waals surface area contributed by atoms with Gasteiger partial charge in [-0.1, -0.05) is 46.8 Å². The van der Waals surface area contributed by atoms with Gasteiger partial charge in [-0.05, 0) is 128 Å². The highest BCUT2D eigenvalue weighted by Crippen LogP contribution is 2.77. The Morgan fingerprint density at radius 1 is 0.812 bits per heavy atom. The van der Waals surface area contributed by atoms with E-state index in [4.69, 9.17) is 0 Å². The van der Waals surface area contributed by atoms with E-state index in [1.807, 2.05) is 0 Å². The van der Waals surface area contributed by atoms with Gasteiger partial charge < -0.3 is 10.2 Å². The Bertz CT molecular complexity index is 786. The van der Waals surface area contributed by atoms with Crippen molar-refractivity contribution in [3.05, 3.63) is 12.2 Å². The molecule has 5 rings (SSSR count). The van der Waals surface area contributed by atoms with Crippen LogP contribution in [0.3, 0.4) is 0 Å². The van der Waals surface area contributed by atoms with Crippen LogP contribution in [-0.4, -0.2) is 22.9 Å². The largest absolute Gasteiger partial charge is 0.396 e. The standard InChI is InChI=1S/C30H50O2/c1-19(2)20-10-15-30(18-31)17-16-28(6)21(25(20)30)8-9-23-27(5)13-12-24(32)26(3,4)22(27)11-14-29(23,28)7/h20-25,31-32H,1,8-18H2,2-7H3/t20-,21?,22?,23?,24?,25?,27?,28+,29+,30+/m0/s1. The van der Waals surface area contributed by atoms with Gasteiger partial charge in [0, 0.05) is 6.61 Å². The van der Waals surface area contributed by atoms with Crippen molar-refractivity contribution in [3.8, 4) is 0 Å². The van der Waals surface area contributed by atoms with Crippen molar-refractivity contribution in [1.29, 1.82) is 0 Å². The van der Waals surface area contributed by atoms with Crippen LogP contribution in [0.4, 0.5) is 0 Å². The van der Waals surface area contributed by atoms with E-state index in [9.17, 15) is 10.2 Å². The first-order chi connectivity index (χ1) is 14.9. The Labute approximate surface area is 197 Å². The summed E-state index contributed by atoms with van der Waals surface area (Å²) in [6.07, 6.45) is 12.2. The van der Waals surface area contributed by atoms with E-state index in [0.717, 1.165) is 18.3 Å². The SMILES string of the molecule is C=C(C)[C@@H]1CC[C@]2(CO)CC[C@]3(C)C(CCC4C5(C)CCC(O)C(C)(C)C5CC[C@]43C)C12. The number of hydrogen-bond acceptors (Lipinski definition) is 2. The lowest BCUT2D eigenvalue weighted by molar-refractivity contribution is -0.249. The van der Waals surface area contributed by atoms with E-state index in [1.165, 1.54) is 63.4 Å². The molecule has 5 saturated carbocycles. The van der Waals surface area contributed by atoms with Crippen molar-refractivity contribution >= 4 is 0 Å². The number of hydrogen-bond donors (Lipinski definition) is 2. The topological polar surface area (TPSA) is 40.5 Å². The summed E-state index contributed by atoms with van der Waals surface area (Å²) in [5, 5.41) is 21.5. The maximum absolute atomic E-state index is 10.9. The molecule has 10 atom stereocenters. The highest BCUT2D eigenvalue weighted by atomic mass is 16.3. The van der Waals surface area contributed by atoms with Gasteiger partial charge in [-0.3, -0.25) is 0 Å². The zero-order valence-electron chi connectivity index (χ0n) is 21.8. The molecule has 0 amide bonds. The minimum atomic E-state index is -0.147. The van der Waals surface area contributed by atoms with Crippen molar-refractivity contribution in [2.75, 3.05) is 6.61 Å². The highest BCUT2D eigenvalue weighted by molar-refractivity contribution is 5.21. The first-order valence-corrected chi connectivity index (χ1v) is 13.8. The van der Waals surface area contributed by atoms with Gasteiger partial charge in [0.25, 0.3) is 0 Å². The van der Waals surface area contributed by atoms with Crippen LogP contribution in [0.1, 0.15) is 106 Å². The number of allylic oxidation sites excluding steroid dienone is 1. The predicted octanol–water partition coefficient (Wildman–Crippen LogP) is 7.00. The molecule has 182 valence electrons. The van der Waals surface area contributed by atoms with Crippen molar-refractivity contribution in [2.24, 2.45) is 56.7 Å². The van der Waals surface area contributed by atoms with Gasteiger partial charge in [0.2, 0.25) is 0 Å². The van der Waals surface area contributed by atoms with Gasteiger partial charge in [-0.25, -0.2) is 0 Å². The van der Waals surface area contributed by atoms with Crippen LogP contribution in [0.5, 0.6) is 0 Å². The Hall–Kier alpha value is -0.340. The highest BCUT2D eigenvalue weighted by Gasteiger charge is 2.70. The molecule has 0 aliphatic heterocycles. The molecule has 0 radical (unpaired) electrons. The molecular weight excluding hydrogens is 392 g/mol. The average Bonchev–Trinajstić information content (AvgIpc) is 3.12. The van der Waals surface area contributed by atoms with Crippen molar-refractivity contribution in [2.45, 2.75) is 112 Å². The fourth-order valence-corrected chi connectivity index (χ4v) is 11.5. The van der Waals surface area contributed by atoms with E-state index in [0.29, 0.717) is 40.6 Å². The number of aliphatic hydroxyl groups excluding tert-OH is 2. The molecule has 0 aromatic rings. The molecule has 0 spiro atoms. The quantitative estimate of drug-likeness (QED) is 0.452. The van der Waals surface area contributed by atoms with Crippen LogP contribution in [0.2, 0.25) is 0 Å². The molecule has 0 aromatic carbocycles. The molecule has 0 bridgehead atoms. The first-order valence-electron chi connectivity index (χ1n) is 13.8. The third-order valence-corrected chi connectivity index (χ3v) is 13.5. The molecule has 6 unspecified atom stereocenters. The third kappa shape index (κ3) is 2.66. The molecule has 5 aliphatic rings. The summed E-state index contributed by atoms with van der Waals surface area (Å²) in [6.45, 7) is 19.7. The van der Waals surface area contributed by atoms with E-state index in [1.54, 1.807) is 0 Å². The van der Waals surface area contributed by atoms with Crippen molar-refractivity contribution in [3.63, 3.8) is 0 Å². The zero-order chi connectivity index (χ0) is 23.3. The fourth-order valence-electron chi connectivity index (χ4n) is 11.5. The zero-order valence-corrected chi connectivity index (χ0v) is 21.8. The van der Waals surface area contributed by atoms with Gasteiger partial charge in [-0.2, -0.15) is 0 Å². The summed E-state index contributed by atoms with van der Waals surface area (Å²) in [6, 6.07) is 0.